The number of amides is 1. The fraction of sp³-hybridized carbons (Fsp3) is 0.467. The Hall–Kier alpha value is -1.51. The lowest BCUT2D eigenvalue weighted by atomic mass is 10.1. The molecule has 97 valence electrons. The second-order valence-electron chi connectivity index (χ2n) is 5.56. The molecule has 0 spiro atoms. The van der Waals surface area contributed by atoms with Gasteiger partial charge in [-0.2, -0.15) is 0 Å². The lowest BCUT2D eigenvalue weighted by Crippen LogP contribution is -2.25. The van der Waals surface area contributed by atoms with Gasteiger partial charge in [0.2, 0.25) is 0 Å². The lowest BCUT2D eigenvalue weighted by Gasteiger charge is -2.21. The quantitative estimate of drug-likeness (QED) is 0.801. The topological polar surface area (TPSA) is 29.5 Å². The van der Waals surface area contributed by atoms with Gasteiger partial charge in [-0.1, -0.05) is 0 Å². The van der Waals surface area contributed by atoms with Crippen LogP contribution in [0.4, 0.5) is 0 Å². The van der Waals surface area contributed by atoms with Crippen LogP contribution in [0.25, 0.3) is 0 Å². The highest BCUT2D eigenvalue weighted by molar-refractivity contribution is 5.94. The summed E-state index contributed by atoms with van der Waals surface area (Å²) < 4.78 is 5.73. The third kappa shape index (κ3) is 3.25. The molecule has 1 radical (unpaired) electrons. The Morgan fingerprint density at radius 1 is 1.22 bits per heavy atom. The first-order chi connectivity index (χ1) is 8.46. The Kier molecular flexibility index (Phi) is 3.60. The lowest BCUT2D eigenvalue weighted by molar-refractivity contribution is 0.0820. The number of ether oxygens (including phenoxy) is 1. The SMILES string of the molecule is CC(C)(C)Oc1ccc(C(=O)N2[CH]CCC2)cc1. The number of likely N-dealkylation sites (tertiary alicyclic amines) is 1. The molecule has 1 heterocycles. The Balaban J connectivity index is 2.05. The zero-order chi connectivity index (χ0) is 13.2. The van der Waals surface area contributed by atoms with Crippen LogP contribution in [0.5, 0.6) is 5.75 Å². The second kappa shape index (κ2) is 5.01. The van der Waals surface area contributed by atoms with Gasteiger partial charge in [0.1, 0.15) is 11.4 Å². The summed E-state index contributed by atoms with van der Waals surface area (Å²) in [6.07, 6.45) is 2.06. The third-order valence-corrected chi connectivity index (χ3v) is 2.74. The van der Waals surface area contributed by atoms with Crippen molar-refractivity contribution in [1.29, 1.82) is 0 Å². The molecule has 0 unspecified atom stereocenters. The summed E-state index contributed by atoms with van der Waals surface area (Å²) in [7, 11) is 0. The number of hydrogen-bond acceptors (Lipinski definition) is 2. The molecule has 0 N–H and O–H groups in total. The first-order valence-corrected chi connectivity index (χ1v) is 6.39. The maximum atomic E-state index is 12.1. The maximum absolute atomic E-state index is 12.1. The molecule has 3 nitrogen and oxygen atoms in total. The van der Waals surface area contributed by atoms with E-state index in [1.54, 1.807) is 4.90 Å². The Morgan fingerprint density at radius 2 is 1.89 bits per heavy atom. The van der Waals surface area contributed by atoms with Crippen LogP contribution in [-0.4, -0.2) is 23.0 Å². The van der Waals surface area contributed by atoms with Crippen molar-refractivity contribution in [2.75, 3.05) is 6.54 Å². The van der Waals surface area contributed by atoms with Crippen molar-refractivity contribution in [3.8, 4) is 5.75 Å². The largest absolute Gasteiger partial charge is 0.488 e. The van der Waals surface area contributed by atoms with Gasteiger partial charge in [-0.3, -0.25) is 4.79 Å². The van der Waals surface area contributed by atoms with Crippen molar-refractivity contribution in [2.24, 2.45) is 0 Å². The van der Waals surface area contributed by atoms with Gasteiger partial charge in [-0.05, 0) is 57.9 Å². The number of carbonyl (C=O) groups excluding carboxylic acids is 1. The van der Waals surface area contributed by atoms with Crippen LogP contribution < -0.4 is 4.74 Å². The summed E-state index contributed by atoms with van der Waals surface area (Å²) in [5, 5.41) is 0. The van der Waals surface area contributed by atoms with Crippen molar-refractivity contribution in [2.45, 2.75) is 39.2 Å². The van der Waals surface area contributed by atoms with Crippen LogP contribution in [0.2, 0.25) is 0 Å². The molecule has 0 saturated carbocycles. The van der Waals surface area contributed by atoms with Crippen LogP contribution in [0.1, 0.15) is 44.0 Å². The first kappa shape index (κ1) is 12.9. The molecule has 0 atom stereocenters. The molecular formula is C15H20NO2. The Bertz CT molecular complexity index is 411. The van der Waals surface area contributed by atoms with Crippen LogP contribution in [0.3, 0.4) is 0 Å². The molecule has 1 saturated heterocycles. The van der Waals surface area contributed by atoms with E-state index in [4.69, 9.17) is 4.74 Å². The van der Waals surface area contributed by atoms with E-state index in [1.165, 1.54) is 0 Å². The molecule has 0 aliphatic carbocycles. The summed E-state index contributed by atoms with van der Waals surface area (Å²) >= 11 is 0. The van der Waals surface area contributed by atoms with Gasteiger partial charge in [0.05, 0.1) is 6.54 Å². The highest BCUT2D eigenvalue weighted by Crippen LogP contribution is 2.21. The number of nitrogens with zero attached hydrogens (tertiary/aromatic N) is 1. The van der Waals surface area contributed by atoms with Crippen LogP contribution in [0, 0.1) is 6.54 Å². The molecule has 1 aliphatic rings. The minimum Gasteiger partial charge on any atom is -0.488 e. The van der Waals surface area contributed by atoms with Gasteiger partial charge < -0.3 is 9.64 Å². The van der Waals surface area contributed by atoms with Gasteiger partial charge in [0, 0.05) is 12.1 Å². The highest BCUT2D eigenvalue weighted by atomic mass is 16.5. The average Bonchev–Trinajstić information content (AvgIpc) is 2.80. The van der Waals surface area contributed by atoms with E-state index >= 15 is 0 Å². The van der Waals surface area contributed by atoms with E-state index in [9.17, 15) is 4.79 Å². The zero-order valence-corrected chi connectivity index (χ0v) is 11.3. The van der Waals surface area contributed by atoms with E-state index < -0.39 is 0 Å². The van der Waals surface area contributed by atoms with Crippen LogP contribution in [0.15, 0.2) is 24.3 Å². The van der Waals surface area contributed by atoms with Gasteiger partial charge in [-0.15, -0.1) is 0 Å². The Morgan fingerprint density at radius 3 is 2.39 bits per heavy atom. The molecule has 1 aromatic rings. The molecule has 1 aliphatic heterocycles. The summed E-state index contributed by atoms with van der Waals surface area (Å²) in [4.78, 5) is 13.9. The summed E-state index contributed by atoms with van der Waals surface area (Å²) in [6, 6.07) is 7.37. The molecule has 1 amide bonds. The number of hydrogen-bond donors (Lipinski definition) is 0. The number of benzene rings is 1. The minimum absolute atomic E-state index is 0.0785. The van der Waals surface area contributed by atoms with Crippen LogP contribution >= 0.6 is 0 Å². The summed E-state index contributed by atoms with van der Waals surface area (Å²) in [6.45, 7) is 8.82. The molecule has 2 rings (SSSR count). The molecule has 1 fully saturated rings. The Labute approximate surface area is 109 Å². The highest BCUT2D eigenvalue weighted by Gasteiger charge is 2.20. The summed E-state index contributed by atoms with van der Waals surface area (Å²) in [5.41, 5.74) is 0.503. The minimum atomic E-state index is -0.214. The molecule has 18 heavy (non-hydrogen) atoms. The number of rotatable bonds is 2. The van der Waals surface area contributed by atoms with Crippen LogP contribution in [-0.2, 0) is 0 Å². The van der Waals surface area contributed by atoms with Gasteiger partial charge in [0.15, 0.2) is 0 Å². The number of carbonyl (C=O) groups is 1. The predicted octanol–water partition coefficient (Wildman–Crippen LogP) is 3.26. The standard InChI is InChI=1S/C15H20NO2/c1-15(2,3)18-13-8-6-12(7-9-13)14(17)16-10-4-5-11-16/h6-10H,4-5,11H2,1-3H3. The molecule has 1 aromatic carbocycles. The second-order valence-corrected chi connectivity index (χ2v) is 5.56. The van der Waals surface area contributed by atoms with Gasteiger partial charge >= 0.3 is 0 Å². The van der Waals surface area contributed by atoms with Crippen molar-refractivity contribution in [3.63, 3.8) is 0 Å². The smallest absolute Gasteiger partial charge is 0.254 e. The summed E-state index contributed by atoms with van der Waals surface area (Å²) in [5.74, 6) is 0.874. The van der Waals surface area contributed by atoms with Crippen molar-refractivity contribution in [1.82, 2.24) is 4.90 Å². The van der Waals surface area contributed by atoms with E-state index in [0.717, 1.165) is 30.7 Å². The average molecular weight is 246 g/mol. The van der Waals surface area contributed by atoms with E-state index in [1.807, 2.05) is 51.6 Å². The van der Waals surface area contributed by atoms with Gasteiger partial charge in [0.25, 0.3) is 5.91 Å². The fourth-order valence-electron chi connectivity index (χ4n) is 1.97. The third-order valence-electron chi connectivity index (χ3n) is 2.74. The molecular weight excluding hydrogens is 226 g/mol. The first-order valence-electron chi connectivity index (χ1n) is 6.39. The van der Waals surface area contributed by atoms with Crippen molar-refractivity contribution >= 4 is 5.91 Å². The predicted molar refractivity (Wildman–Crippen MR) is 71.4 cm³/mol. The van der Waals surface area contributed by atoms with Crippen molar-refractivity contribution in [3.05, 3.63) is 36.4 Å². The normalized spacial score (nSPS) is 15.8. The molecule has 0 aromatic heterocycles. The van der Waals surface area contributed by atoms with Crippen molar-refractivity contribution < 1.29 is 9.53 Å². The zero-order valence-electron chi connectivity index (χ0n) is 11.3. The van der Waals surface area contributed by atoms with E-state index in [-0.39, 0.29) is 11.5 Å². The van der Waals surface area contributed by atoms with Gasteiger partial charge in [-0.25, -0.2) is 0 Å². The van der Waals surface area contributed by atoms with E-state index in [2.05, 4.69) is 0 Å². The fourth-order valence-corrected chi connectivity index (χ4v) is 1.97. The maximum Gasteiger partial charge on any atom is 0.254 e. The molecule has 0 bridgehead atoms. The van der Waals surface area contributed by atoms with E-state index in [0.29, 0.717) is 0 Å². The monoisotopic (exact) mass is 246 g/mol. The molecule has 3 heteroatoms.